The molecule has 0 saturated carbocycles. The fraction of sp³-hybridized carbons (Fsp3) is 0.642. The molecule has 0 saturated heterocycles. The summed E-state index contributed by atoms with van der Waals surface area (Å²) in [6.07, 6.45) is 16.3. The summed E-state index contributed by atoms with van der Waals surface area (Å²) >= 11 is 0. The quantitative estimate of drug-likeness (QED) is 0.0223. The minimum atomic E-state index is -1.32. The third kappa shape index (κ3) is 37.7. The van der Waals surface area contributed by atoms with Crippen LogP contribution < -0.4 is 54.0 Å². The van der Waals surface area contributed by atoms with Crippen LogP contribution in [-0.4, -0.2) is 202 Å². The normalized spacial score (nSPS) is 12.0. The van der Waals surface area contributed by atoms with Gasteiger partial charge in [-0.3, -0.25) is 47.7 Å². The minimum Gasteiger partial charge on any atom is -0.481 e. The van der Waals surface area contributed by atoms with Crippen LogP contribution in [0.2, 0.25) is 0 Å². The van der Waals surface area contributed by atoms with Crippen molar-refractivity contribution >= 4 is 70.9 Å². The highest BCUT2D eigenvalue weighted by molar-refractivity contribution is 6.02. The number of unbranched alkanes of at least 4 members (excludes halogenated alkanes) is 11. The fourth-order valence-corrected chi connectivity index (χ4v) is 10.4. The molecule has 4 rings (SSSR count). The van der Waals surface area contributed by atoms with E-state index in [9.17, 15) is 67.7 Å². The molecular weight excluding hydrogens is 1340 g/mol. The third-order valence-corrected chi connectivity index (χ3v) is 16.0. The molecule has 4 aromatic rings. The fourth-order valence-electron chi connectivity index (χ4n) is 10.4. The molecule has 0 aliphatic heterocycles. The van der Waals surface area contributed by atoms with Crippen LogP contribution in [0, 0.1) is 0 Å². The van der Waals surface area contributed by atoms with Crippen molar-refractivity contribution in [2.45, 2.75) is 225 Å². The van der Waals surface area contributed by atoms with E-state index in [1.807, 2.05) is 6.92 Å². The number of hydrogen-bond donors (Lipinski definition) is 13. The van der Waals surface area contributed by atoms with E-state index in [-0.39, 0.29) is 144 Å². The lowest BCUT2D eigenvalue weighted by atomic mass is 9.97. The van der Waals surface area contributed by atoms with E-state index in [2.05, 4.69) is 73.5 Å². The molecular formula is C67H105N19O17. The predicted octanol–water partition coefficient (Wildman–Crippen LogP) is 2.82. The number of urea groups is 2. The molecule has 3 aromatic heterocycles. The highest BCUT2D eigenvalue weighted by Gasteiger charge is 2.24. The van der Waals surface area contributed by atoms with E-state index in [4.69, 9.17) is 26.0 Å². The Balaban J connectivity index is 1.27. The van der Waals surface area contributed by atoms with Gasteiger partial charge in [0.05, 0.1) is 57.1 Å². The first-order valence-corrected chi connectivity index (χ1v) is 35.5. The Morgan fingerprint density at radius 3 is 1.48 bits per heavy atom. The number of nitrogens with one attached hydrogen (secondary N) is 8. The van der Waals surface area contributed by atoms with Crippen molar-refractivity contribution in [3.05, 3.63) is 65.0 Å². The highest BCUT2D eigenvalue weighted by atomic mass is 16.5. The van der Waals surface area contributed by atoms with Gasteiger partial charge in [0.2, 0.25) is 23.6 Å². The van der Waals surface area contributed by atoms with Crippen molar-refractivity contribution in [1.82, 2.24) is 87.5 Å². The van der Waals surface area contributed by atoms with E-state index in [1.54, 1.807) is 46.2 Å². The van der Waals surface area contributed by atoms with Gasteiger partial charge in [0.15, 0.2) is 17.3 Å². The molecule has 0 aliphatic carbocycles. The molecule has 8 amide bonds. The lowest BCUT2D eigenvalue weighted by molar-refractivity contribution is -0.141. The van der Waals surface area contributed by atoms with Crippen LogP contribution in [0.1, 0.15) is 212 Å². The van der Waals surface area contributed by atoms with Gasteiger partial charge in [-0.05, 0) is 108 Å². The van der Waals surface area contributed by atoms with Gasteiger partial charge in [0, 0.05) is 88.9 Å². The van der Waals surface area contributed by atoms with Crippen LogP contribution in [0.3, 0.4) is 0 Å². The summed E-state index contributed by atoms with van der Waals surface area (Å²) in [4.78, 5) is 150. The number of nitrogens with two attached hydrogens (primary N) is 2. The zero-order valence-corrected chi connectivity index (χ0v) is 59.0. The number of carboxylic acid groups (broad SMARTS) is 3. The van der Waals surface area contributed by atoms with E-state index >= 15 is 0 Å². The lowest BCUT2D eigenvalue weighted by Gasteiger charge is -2.18. The summed E-state index contributed by atoms with van der Waals surface area (Å²) in [6.45, 7) is 4.48. The number of carbonyl (C=O) groups excluding carboxylic acids is 9. The summed E-state index contributed by atoms with van der Waals surface area (Å²) in [6, 6.07) is 0.299. The molecule has 15 N–H and O–H groups in total. The molecule has 3 heterocycles. The first kappa shape index (κ1) is 85.7. The SMILES string of the molecule is CCCNC(=O)N[C@@H](CCCCn1cc(CNC(=O)CCCCCCC(=O)c2cc(C(=O)CCCCCCC(=O)NCc3cn(CCCCCNC(=O)N[C@@H](CCC(=O)O)C(=O)O)nn3)cc(-n3cc(CNC(=O)[C@H](CCCCCC(=O)COCCN)NC(=O)COCCN)nn3)c2)nn1)C(=O)O. The van der Waals surface area contributed by atoms with Crippen molar-refractivity contribution in [3.63, 3.8) is 0 Å². The van der Waals surface area contributed by atoms with Crippen molar-refractivity contribution in [2.24, 2.45) is 11.5 Å². The van der Waals surface area contributed by atoms with Crippen molar-refractivity contribution < 1.29 is 82.3 Å². The second kappa shape index (κ2) is 50.6. The van der Waals surface area contributed by atoms with E-state index in [0.29, 0.717) is 158 Å². The smallest absolute Gasteiger partial charge is 0.326 e. The van der Waals surface area contributed by atoms with E-state index in [0.717, 1.165) is 6.42 Å². The summed E-state index contributed by atoms with van der Waals surface area (Å²) < 4.78 is 15.2. The molecule has 36 heteroatoms. The van der Waals surface area contributed by atoms with Crippen LogP contribution in [-0.2, 0) is 80.6 Å². The molecule has 0 bridgehead atoms. The predicted molar refractivity (Wildman–Crippen MR) is 372 cm³/mol. The van der Waals surface area contributed by atoms with E-state index < -0.39 is 66.3 Å². The van der Waals surface area contributed by atoms with Crippen LogP contribution in [0.4, 0.5) is 9.59 Å². The number of aliphatic carboxylic acids is 3. The molecule has 36 nitrogen and oxygen atoms in total. The molecule has 1 aromatic carbocycles. The minimum absolute atomic E-state index is 0.0230. The van der Waals surface area contributed by atoms with Crippen molar-refractivity contribution in [2.75, 3.05) is 52.6 Å². The third-order valence-electron chi connectivity index (χ3n) is 16.0. The molecule has 0 aliphatic rings. The van der Waals surface area contributed by atoms with Crippen LogP contribution in [0.25, 0.3) is 5.69 Å². The summed E-state index contributed by atoms with van der Waals surface area (Å²) in [5.41, 5.74) is 13.3. The van der Waals surface area contributed by atoms with Crippen LogP contribution in [0.5, 0.6) is 0 Å². The molecule has 570 valence electrons. The number of Topliss-reactive ketones (excluding diaryl/α,β-unsaturated/α-hetero) is 3. The van der Waals surface area contributed by atoms with Gasteiger partial charge >= 0.3 is 30.0 Å². The number of aryl methyl sites for hydroxylation is 2. The molecule has 0 unspecified atom stereocenters. The van der Waals surface area contributed by atoms with Gasteiger partial charge < -0.3 is 78.8 Å². The second-order valence-electron chi connectivity index (χ2n) is 24.8. The zero-order valence-electron chi connectivity index (χ0n) is 59.0. The van der Waals surface area contributed by atoms with Gasteiger partial charge in [-0.25, -0.2) is 23.9 Å². The maximum atomic E-state index is 13.9. The maximum Gasteiger partial charge on any atom is 0.326 e. The monoisotopic (exact) mass is 1450 g/mol. The summed E-state index contributed by atoms with van der Waals surface area (Å²) in [7, 11) is 0. The van der Waals surface area contributed by atoms with Crippen molar-refractivity contribution in [1.29, 1.82) is 0 Å². The largest absolute Gasteiger partial charge is 0.481 e. The second-order valence-corrected chi connectivity index (χ2v) is 24.8. The lowest BCUT2D eigenvalue weighted by Crippen LogP contribution is -2.47. The number of carbonyl (C=O) groups is 12. The zero-order chi connectivity index (χ0) is 75.0. The number of nitrogens with zero attached hydrogens (tertiary/aromatic N) is 9. The first-order chi connectivity index (χ1) is 49.7. The molecule has 0 fully saturated rings. The van der Waals surface area contributed by atoms with Crippen molar-refractivity contribution in [3.8, 4) is 5.69 Å². The first-order valence-electron chi connectivity index (χ1n) is 35.5. The molecule has 0 spiro atoms. The Hall–Kier alpha value is -9.68. The van der Waals surface area contributed by atoms with E-state index in [1.165, 1.54) is 4.68 Å². The Labute approximate surface area is 598 Å². The molecule has 103 heavy (non-hydrogen) atoms. The van der Waals surface area contributed by atoms with Gasteiger partial charge in [-0.15, -0.1) is 15.3 Å². The highest BCUT2D eigenvalue weighted by Crippen LogP contribution is 2.21. The number of aromatic nitrogens is 9. The molecule has 3 atom stereocenters. The number of carboxylic acids is 3. The van der Waals surface area contributed by atoms with Crippen LogP contribution >= 0.6 is 0 Å². The number of ether oxygens (including phenoxy) is 2. The number of benzene rings is 1. The number of ketones is 3. The Kier molecular flexibility index (Phi) is 42.1. The number of amides is 8. The Bertz CT molecular complexity index is 3300. The standard InChI is InChI=1S/C67H105N19O17/c1-2-30-70-66(100)76-55(64(96)97)21-15-18-33-85-43-50(79-82-85)40-73-60(91)25-14-6-4-12-23-58(89)48-36-47(37-52(38-48)86-44-51(80-83-86)41-74-63(95)54(75-61(92)46-103-35-29-69)20-10-7-9-19-53(87)45-102-34-28-68)57(88)22-11-3-5-13-24-59(90)72-39-49-42-84(81-78-49)32-17-8-16-31-71-67(101)77-56(65(98)99)26-27-62(93)94/h36-38,42-44,54-56H,2-35,39-41,45-46,68-69H2,1H3,(H,72,90)(H,73,91)(H,74,95)(H,75,92)(H,93,94)(H,96,97)(H,98,99)(H2,70,76,100)(H2,71,77,101)/t54-,55-,56-/m0/s1. The van der Waals surface area contributed by atoms with Crippen LogP contribution in [0.15, 0.2) is 36.8 Å². The average molecular weight is 1450 g/mol. The molecule has 0 radical (unpaired) electrons. The average Bonchev–Trinajstić information content (AvgIpc) is 1.80. The van der Waals surface area contributed by atoms with Gasteiger partial charge in [-0.1, -0.05) is 61.1 Å². The van der Waals surface area contributed by atoms with Gasteiger partial charge in [-0.2, -0.15) is 0 Å². The topological polar surface area (TPSA) is 524 Å². The van der Waals surface area contributed by atoms with Gasteiger partial charge in [0.25, 0.3) is 0 Å². The maximum absolute atomic E-state index is 13.9. The number of hydrogen-bond acceptors (Lipinski definition) is 22. The summed E-state index contributed by atoms with van der Waals surface area (Å²) in [5.74, 6) is -5.46. The number of rotatable bonds is 59. The van der Waals surface area contributed by atoms with Gasteiger partial charge in [0.1, 0.15) is 48.4 Å². The summed E-state index contributed by atoms with van der Waals surface area (Å²) in [5, 5.41) is 73.7. The Morgan fingerprint density at radius 1 is 0.456 bits per heavy atom. The Morgan fingerprint density at radius 2 is 0.922 bits per heavy atom.